The Hall–Kier alpha value is -3.59. The fourth-order valence-electron chi connectivity index (χ4n) is 2.82. The summed E-state index contributed by atoms with van der Waals surface area (Å²) < 4.78 is 10.4. The van der Waals surface area contributed by atoms with Gasteiger partial charge in [-0.3, -0.25) is 24.1 Å². The first kappa shape index (κ1) is 23.1. The lowest BCUT2D eigenvalue weighted by Gasteiger charge is -2.11. The zero-order chi connectivity index (χ0) is 23.1. The number of carbonyl (C=O) groups excluding carboxylic acids is 4. The van der Waals surface area contributed by atoms with E-state index in [1.807, 2.05) is 19.1 Å². The molecule has 9 heteroatoms. The molecule has 32 heavy (non-hydrogen) atoms. The molecule has 1 fully saturated rings. The van der Waals surface area contributed by atoms with Crippen molar-refractivity contribution in [2.24, 2.45) is 0 Å². The van der Waals surface area contributed by atoms with Crippen LogP contribution in [0.25, 0.3) is 6.08 Å². The van der Waals surface area contributed by atoms with Crippen molar-refractivity contribution >= 4 is 46.5 Å². The number of nitrogens with zero attached hydrogens (tertiary/aromatic N) is 1. The molecular formula is C23H22N2O6S. The van der Waals surface area contributed by atoms with Gasteiger partial charge in [-0.1, -0.05) is 35.9 Å². The predicted octanol–water partition coefficient (Wildman–Crippen LogP) is 3.61. The Morgan fingerprint density at radius 2 is 1.81 bits per heavy atom. The zero-order valence-corrected chi connectivity index (χ0v) is 18.4. The molecule has 3 amide bonds. The minimum atomic E-state index is -0.653. The SMILES string of the molecule is CCOC(=O)CN1C(=O)S/C(=C/c2ccccc2OCC(=O)Nc2ccc(C)cc2)C1=O. The molecule has 2 aromatic carbocycles. The van der Waals surface area contributed by atoms with Crippen LogP contribution in [0.1, 0.15) is 18.1 Å². The predicted molar refractivity (Wildman–Crippen MR) is 121 cm³/mol. The molecule has 0 spiro atoms. The summed E-state index contributed by atoms with van der Waals surface area (Å²) in [6, 6.07) is 14.2. The maximum Gasteiger partial charge on any atom is 0.326 e. The molecule has 1 heterocycles. The van der Waals surface area contributed by atoms with Crippen LogP contribution in [0.4, 0.5) is 10.5 Å². The third-order valence-corrected chi connectivity index (χ3v) is 5.27. The molecule has 3 rings (SSSR count). The molecule has 0 aromatic heterocycles. The van der Waals surface area contributed by atoms with Gasteiger partial charge < -0.3 is 14.8 Å². The van der Waals surface area contributed by atoms with Gasteiger partial charge in [0.1, 0.15) is 12.3 Å². The Bertz CT molecular complexity index is 1060. The number of thioether (sulfide) groups is 1. The number of imide groups is 1. The van der Waals surface area contributed by atoms with Crippen LogP contribution in [0.3, 0.4) is 0 Å². The van der Waals surface area contributed by atoms with Gasteiger partial charge in [-0.05, 0) is 49.9 Å². The second-order valence-corrected chi connectivity index (χ2v) is 7.81. The van der Waals surface area contributed by atoms with Gasteiger partial charge in [0.15, 0.2) is 6.61 Å². The van der Waals surface area contributed by atoms with E-state index in [1.54, 1.807) is 43.3 Å². The number of rotatable bonds is 8. The molecule has 0 unspecified atom stereocenters. The van der Waals surface area contributed by atoms with Crippen molar-refractivity contribution in [1.29, 1.82) is 0 Å². The summed E-state index contributed by atoms with van der Waals surface area (Å²) >= 11 is 0.729. The van der Waals surface area contributed by atoms with E-state index in [9.17, 15) is 19.2 Å². The van der Waals surface area contributed by atoms with Crippen LogP contribution in [0.2, 0.25) is 0 Å². The standard InChI is InChI=1S/C23H22N2O6S/c1-3-30-21(27)13-25-22(28)19(32-23(25)29)12-16-6-4-5-7-18(16)31-14-20(26)24-17-10-8-15(2)9-11-17/h4-12H,3,13-14H2,1-2H3,(H,24,26)/b19-12+. The Morgan fingerprint density at radius 3 is 2.53 bits per heavy atom. The molecular weight excluding hydrogens is 432 g/mol. The van der Waals surface area contributed by atoms with Crippen LogP contribution in [-0.4, -0.2) is 47.7 Å². The normalized spacial score (nSPS) is 14.6. The molecule has 166 valence electrons. The van der Waals surface area contributed by atoms with Crippen LogP contribution in [0.15, 0.2) is 53.4 Å². The number of carbonyl (C=O) groups is 4. The molecule has 0 atom stereocenters. The number of benzene rings is 2. The molecule has 1 aliphatic rings. The number of nitrogens with one attached hydrogen (secondary N) is 1. The number of anilines is 1. The van der Waals surface area contributed by atoms with E-state index in [0.29, 0.717) is 17.0 Å². The lowest BCUT2D eigenvalue weighted by Crippen LogP contribution is -2.34. The maximum atomic E-state index is 12.6. The molecule has 1 saturated heterocycles. The molecule has 0 saturated carbocycles. The van der Waals surface area contributed by atoms with Gasteiger partial charge in [0.05, 0.1) is 11.5 Å². The molecule has 0 radical (unpaired) electrons. The summed E-state index contributed by atoms with van der Waals surface area (Å²) in [5, 5.41) is 2.20. The van der Waals surface area contributed by atoms with Crippen molar-refractivity contribution in [3.63, 3.8) is 0 Å². The summed E-state index contributed by atoms with van der Waals surface area (Å²) in [7, 11) is 0. The number of aryl methyl sites for hydroxylation is 1. The average Bonchev–Trinajstić information content (AvgIpc) is 3.02. The molecule has 0 bridgehead atoms. The molecule has 2 aromatic rings. The van der Waals surface area contributed by atoms with Gasteiger partial charge in [0, 0.05) is 11.3 Å². The first-order valence-electron chi connectivity index (χ1n) is 9.86. The largest absolute Gasteiger partial charge is 0.483 e. The van der Waals surface area contributed by atoms with E-state index in [0.717, 1.165) is 22.2 Å². The third-order valence-electron chi connectivity index (χ3n) is 4.37. The molecule has 0 aliphatic carbocycles. The van der Waals surface area contributed by atoms with E-state index in [1.165, 1.54) is 6.08 Å². The quantitative estimate of drug-likeness (QED) is 0.480. The second kappa shape index (κ2) is 10.6. The molecule has 1 N–H and O–H groups in total. The summed E-state index contributed by atoms with van der Waals surface area (Å²) in [5.74, 6) is -1.19. The van der Waals surface area contributed by atoms with Crippen molar-refractivity contribution in [1.82, 2.24) is 4.90 Å². The van der Waals surface area contributed by atoms with Crippen molar-refractivity contribution in [3.8, 4) is 5.75 Å². The number of ether oxygens (including phenoxy) is 2. The first-order valence-corrected chi connectivity index (χ1v) is 10.7. The van der Waals surface area contributed by atoms with E-state index >= 15 is 0 Å². The van der Waals surface area contributed by atoms with Crippen molar-refractivity contribution < 1.29 is 28.7 Å². The van der Waals surface area contributed by atoms with E-state index in [4.69, 9.17) is 9.47 Å². The monoisotopic (exact) mass is 454 g/mol. The van der Waals surface area contributed by atoms with Gasteiger partial charge in [-0.2, -0.15) is 0 Å². The smallest absolute Gasteiger partial charge is 0.326 e. The maximum absolute atomic E-state index is 12.6. The highest BCUT2D eigenvalue weighted by Gasteiger charge is 2.36. The number of para-hydroxylation sites is 1. The minimum Gasteiger partial charge on any atom is -0.483 e. The highest BCUT2D eigenvalue weighted by molar-refractivity contribution is 8.18. The lowest BCUT2D eigenvalue weighted by atomic mass is 10.2. The topological polar surface area (TPSA) is 102 Å². The van der Waals surface area contributed by atoms with Crippen molar-refractivity contribution in [2.75, 3.05) is 25.1 Å². The second-order valence-electron chi connectivity index (χ2n) is 6.81. The van der Waals surface area contributed by atoms with E-state index < -0.39 is 23.7 Å². The third kappa shape index (κ3) is 5.98. The highest BCUT2D eigenvalue weighted by atomic mass is 32.2. The Morgan fingerprint density at radius 1 is 1.09 bits per heavy atom. The van der Waals surface area contributed by atoms with Crippen LogP contribution in [0, 0.1) is 6.92 Å². The van der Waals surface area contributed by atoms with Crippen molar-refractivity contribution in [2.45, 2.75) is 13.8 Å². The lowest BCUT2D eigenvalue weighted by molar-refractivity contribution is -0.146. The van der Waals surface area contributed by atoms with Crippen LogP contribution in [0.5, 0.6) is 5.75 Å². The summed E-state index contributed by atoms with van der Waals surface area (Å²) in [5.41, 5.74) is 2.27. The fraction of sp³-hybridized carbons (Fsp3) is 0.217. The van der Waals surface area contributed by atoms with E-state index in [2.05, 4.69) is 5.32 Å². The number of hydrogen-bond donors (Lipinski definition) is 1. The minimum absolute atomic E-state index is 0.152. The zero-order valence-electron chi connectivity index (χ0n) is 17.6. The Balaban J connectivity index is 1.67. The average molecular weight is 455 g/mol. The van der Waals surface area contributed by atoms with Gasteiger partial charge >= 0.3 is 5.97 Å². The van der Waals surface area contributed by atoms with Gasteiger partial charge in [-0.15, -0.1) is 0 Å². The number of esters is 1. The summed E-state index contributed by atoms with van der Waals surface area (Å²) in [6.45, 7) is 3.09. The molecule has 1 aliphatic heterocycles. The summed E-state index contributed by atoms with van der Waals surface area (Å²) in [4.78, 5) is 49.6. The van der Waals surface area contributed by atoms with Crippen LogP contribution < -0.4 is 10.1 Å². The van der Waals surface area contributed by atoms with E-state index in [-0.39, 0.29) is 24.0 Å². The Labute approximate surface area is 189 Å². The fourth-order valence-corrected chi connectivity index (χ4v) is 3.65. The first-order chi connectivity index (χ1) is 15.4. The summed E-state index contributed by atoms with van der Waals surface area (Å²) in [6.07, 6.45) is 1.50. The number of hydrogen-bond acceptors (Lipinski definition) is 7. The Kier molecular flexibility index (Phi) is 7.67. The van der Waals surface area contributed by atoms with Gasteiger partial charge in [-0.25, -0.2) is 0 Å². The van der Waals surface area contributed by atoms with Crippen molar-refractivity contribution in [3.05, 3.63) is 64.6 Å². The van der Waals surface area contributed by atoms with Gasteiger partial charge in [0.25, 0.3) is 17.1 Å². The highest BCUT2D eigenvalue weighted by Crippen LogP contribution is 2.33. The van der Waals surface area contributed by atoms with Crippen LogP contribution >= 0.6 is 11.8 Å². The molecule has 8 nitrogen and oxygen atoms in total. The number of amides is 3. The van der Waals surface area contributed by atoms with Gasteiger partial charge in [0.2, 0.25) is 0 Å². The van der Waals surface area contributed by atoms with Crippen LogP contribution in [-0.2, 0) is 19.1 Å².